The van der Waals surface area contributed by atoms with Crippen LogP contribution in [0.1, 0.15) is 31.9 Å². The zero-order valence-corrected chi connectivity index (χ0v) is 13.6. The molecule has 2 rings (SSSR count). The Balaban J connectivity index is 2.13. The molecule has 1 aromatic heterocycles. The summed E-state index contributed by atoms with van der Waals surface area (Å²) in [5.74, 6) is 1.24. The van der Waals surface area contributed by atoms with E-state index < -0.39 is 0 Å². The molecule has 0 aliphatic heterocycles. The van der Waals surface area contributed by atoms with Gasteiger partial charge in [-0.15, -0.1) is 0 Å². The van der Waals surface area contributed by atoms with Gasteiger partial charge in [0.1, 0.15) is 28.3 Å². The van der Waals surface area contributed by atoms with Crippen molar-refractivity contribution in [2.45, 2.75) is 26.3 Å². The molecule has 1 unspecified atom stereocenters. The molecule has 0 saturated carbocycles. The van der Waals surface area contributed by atoms with Gasteiger partial charge in [0.05, 0.1) is 0 Å². The van der Waals surface area contributed by atoms with Crippen LogP contribution in [0, 0.1) is 5.82 Å². The molecule has 2 N–H and O–H groups in total. The molecule has 0 fully saturated rings. The molecule has 2 aromatic rings. The van der Waals surface area contributed by atoms with Crippen molar-refractivity contribution in [2.24, 2.45) is 0 Å². The second-order valence-electron chi connectivity index (χ2n) is 4.73. The van der Waals surface area contributed by atoms with Crippen LogP contribution in [0.2, 0.25) is 0 Å². The second kappa shape index (κ2) is 7.36. The average Bonchev–Trinajstić information content (AvgIpc) is 2.49. The van der Waals surface area contributed by atoms with Crippen molar-refractivity contribution in [1.29, 1.82) is 0 Å². The van der Waals surface area contributed by atoms with E-state index in [2.05, 4.69) is 43.5 Å². The van der Waals surface area contributed by atoms with Gasteiger partial charge in [-0.05, 0) is 47.0 Å². The lowest BCUT2D eigenvalue weighted by atomic mass is 10.1. The van der Waals surface area contributed by atoms with Crippen LogP contribution in [0.4, 0.5) is 16.0 Å². The molecule has 0 amide bonds. The summed E-state index contributed by atoms with van der Waals surface area (Å²) in [5.41, 5.74) is 0.991. The van der Waals surface area contributed by atoms with Gasteiger partial charge in [0.25, 0.3) is 0 Å². The van der Waals surface area contributed by atoms with Gasteiger partial charge in [0.2, 0.25) is 0 Å². The third-order valence-electron chi connectivity index (χ3n) is 3.06. The summed E-state index contributed by atoms with van der Waals surface area (Å²) in [7, 11) is 0. The topological polar surface area (TPSA) is 49.8 Å². The fourth-order valence-corrected chi connectivity index (χ4v) is 2.34. The molecule has 0 radical (unpaired) electrons. The van der Waals surface area contributed by atoms with Gasteiger partial charge < -0.3 is 10.6 Å². The summed E-state index contributed by atoms with van der Waals surface area (Å²) in [5, 5.41) is 6.54. The van der Waals surface area contributed by atoms with Crippen molar-refractivity contribution in [3.63, 3.8) is 0 Å². The molecule has 0 spiro atoms. The Hall–Kier alpha value is -1.69. The summed E-state index contributed by atoms with van der Waals surface area (Å²) >= 11 is 3.51. The molecule has 1 atom stereocenters. The molecule has 0 saturated heterocycles. The maximum absolute atomic E-state index is 13.0. The Morgan fingerprint density at radius 2 is 1.86 bits per heavy atom. The zero-order chi connectivity index (χ0) is 15.2. The zero-order valence-electron chi connectivity index (χ0n) is 12.0. The first-order chi connectivity index (χ1) is 10.1. The SMILES string of the molecule is CCCNc1ncnc(NC(C)c2ccc(F)cc2)c1Br. The third-order valence-corrected chi connectivity index (χ3v) is 3.81. The lowest BCUT2D eigenvalue weighted by Crippen LogP contribution is -2.11. The summed E-state index contributed by atoms with van der Waals surface area (Å²) in [6.07, 6.45) is 2.54. The minimum Gasteiger partial charge on any atom is -0.369 e. The summed E-state index contributed by atoms with van der Waals surface area (Å²) < 4.78 is 13.8. The average molecular weight is 353 g/mol. The number of hydrogen-bond donors (Lipinski definition) is 2. The predicted molar refractivity (Wildman–Crippen MR) is 87.0 cm³/mol. The molecule has 0 aliphatic carbocycles. The quantitative estimate of drug-likeness (QED) is 0.810. The van der Waals surface area contributed by atoms with Gasteiger partial charge in [-0.2, -0.15) is 0 Å². The van der Waals surface area contributed by atoms with E-state index >= 15 is 0 Å². The van der Waals surface area contributed by atoms with E-state index in [1.807, 2.05) is 6.92 Å². The predicted octanol–water partition coefficient (Wildman–Crippen LogP) is 4.37. The van der Waals surface area contributed by atoms with E-state index in [-0.39, 0.29) is 11.9 Å². The number of aromatic nitrogens is 2. The van der Waals surface area contributed by atoms with Crippen LogP contribution in [0.5, 0.6) is 0 Å². The normalized spacial score (nSPS) is 12.0. The Labute approximate surface area is 132 Å². The van der Waals surface area contributed by atoms with Crippen LogP contribution in [0.3, 0.4) is 0 Å². The van der Waals surface area contributed by atoms with Gasteiger partial charge in [-0.1, -0.05) is 19.1 Å². The first-order valence-electron chi connectivity index (χ1n) is 6.88. The summed E-state index contributed by atoms with van der Waals surface area (Å²) in [6, 6.07) is 6.44. The smallest absolute Gasteiger partial charge is 0.146 e. The van der Waals surface area contributed by atoms with Gasteiger partial charge >= 0.3 is 0 Å². The minimum atomic E-state index is -0.236. The molecule has 1 aromatic carbocycles. The van der Waals surface area contributed by atoms with E-state index in [0.717, 1.165) is 28.8 Å². The van der Waals surface area contributed by atoms with E-state index in [1.165, 1.54) is 18.5 Å². The van der Waals surface area contributed by atoms with Crippen LogP contribution in [0.25, 0.3) is 0 Å². The largest absolute Gasteiger partial charge is 0.369 e. The number of nitrogens with zero attached hydrogens (tertiary/aromatic N) is 2. The summed E-state index contributed by atoms with van der Waals surface area (Å²) in [6.45, 7) is 4.95. The molecule has 112 valence electrons. The van der Waals surface area contributed by atoms with E-state index in [1.54, 1.807) is 12.1 Å². The fourth-order valence-electron chi connectivity index (χ4n) is 1.88. The summed E-state index contributed by atoms with van der Waals surface area (Å²) in [4.78, 5) is 8.46. The lowest BCUT2D eigenvalue weighted by molar-refractivity contribution is 0.626. The molecular weight excluding hydrogens is 335 g/mol. The highest BCUT2D eigenvalue weighted by atomic mass is 79.9. The number of halogens is 2. The van der Waals surface area contributed by atoms with Crippen molar-refractivity contribution >= 4 is 27.6 Å². The molecule has 4 nitrogen and oxygen atoms in total. The van der Waals surface area contributed by atoms with Gasteiger partial charge in [-0.3, -0.25) is 0 Å². The lowest BCUT2D eigenvalue weighted by Gasteiger charge is -2.17. The van der Waals surface area contributed by atoms with Crippen LogP contribution in [-0.2, 0) is 0 Å². The number of benzene rings is 1. The highest BCUT2D eigenvalue weighted by Gasteiger charge is 2.12. The number of rotatable bonds is 6. The first kappa shape index (κ1) is 15.7. The Kier molecular flexibility index (Phi) is 5.50. The monoisotopic (exact) mass is 352 g/mol. The molecule has 6 heteroatoms. The highest BCUT2D eigenvalue weighted by Crippen LogP contribution is 2.29. The van der Waals surface area contributed by atoms with Crippen LogP contribution in [-0.4, -0.2) is 16.5 Å². The Morgan fingerprint density at radius 3 is 2.52 bits per heavy atom. The van der Waals surface area contributed by atoms with Crippen molar-refractivity contribution in [2.75, 3.05) is 17.2 Å². The van der Waals surface area contributed by atoms with E-state index in [9.17, 15) is 4.39 Å². The standard InChI is InChI=1S/C15H18BrFN4/c1-3-8-18-14-13(16)15(20-9-19-14)21-10(2)11-4-6-12(17)7-5-11/h4-7,9-10H,3,8H2,1-2H3,(H2,18,19,20,21). The van der Waals surface area contributed by atoms with Crippen molar-refractivity contribution in [3.8, 4) is 0 Å². The van der Waals surface area contributed by atoms with Crippen molar-refractivity contribution in [1.82, 2.24) is 9.97 Å². The van der Waals surface area contributed by atoms with Gasteiger partial charge in [0.15, 0.2) is 0 Å². The molecular formula is C15H18BrFN4. The first-order valence-corrected chi connectivity index (χ1v) is 7.67. The number of nitrogens with one attached hydrogen (secondary N) is 2. The van der Waals surface area contributed by atoms with E-state index in [4.69, 9.17) is 0 Å². The molecule has 1 heterocycles. The third kappa shape index (κ3) is 4.14. The van der Waals surface area contributed by atoms with Crippen LogP contribution < -0.4 is 10.6 Å². The van der Waals surface area contributed by atoms with Crippen molar-refractivity contribution in [3.05, 3.63) is 46.4 Å². The maximum Gasteiger partial charge on any atom is 0.146 e. The molecule has 0 bridgehead atoms. The molecule has 21 heavy (non-hydrogen) atoms. The number of hydrogen-bond acceptors (Lipinski definition) is 4. The van der Waals surface area contributed by atoms with Gasteiger partial charge in [0, 0.05) is 12.6 Å². The highest BCUT2D eigenvalue weighted by molar-refractivity contribution is 9.10. The van der Waals surface area contributed by atoms with Crippen LogP contribution in [0.15, 0.2) is 35.1 Å². The Morgan fingerprint density at radius 1 is 1.19 bits per heavy atom. The number of anilines is 2. The van der Waals surface area contributed by atoms with Crippen LogP contribution >= 0.6 is 15.9 Å². The van der Waals surface area contributed by atoms with Gasteiger partial charge in [-0.25, -0.2) is 14.4 Å². The Bertz CT molecular complexity index is 589. The van der Waals surface area contributed by atoms with Crippen molar-refractivity contribution < 1.29 is 4.39 Å². The minimum absolute atomic E-state index is 0.0100. The maximum atomic E-state index is 13.0. The molecule has 0 aliphatic rings. The second-order valence-corrected chi connectivity index (χ2v) is 5.52. The van der Waals surface area contributed by atoms with E-state index in [0.29, 0.717) is 5.82 Å². The fraction of sp³-hybridized carbons (Fsp3) is 0.333.